The molecule has 2 aromatic carbocycles. The van der Waals surface area contributed by atoms with Crippen LogP contribution in [-0.4, -0.2) is 52.9 Å². The predicted octanol–water partition coefficient (Wildman–Crippen LogP) is 3.21. The average molecular weight is 465 g/mol. The minimum atomic E-state index is -1.27. The molecule has 3 rings (SSSR count). The molecule has 1 unspecified atom stereocenters. The van der Waals surface area contributed by atoms with Crippen LogP contribution in [0.3, 0.4) is 0 Å². The normalized spacial score (nSPS) is 15.7. The van der Waals surface area contributed by atoms with Crippen LogP contribution in [-0.2, 0) is 25.6 Å². The first-order chi connectivity index (χ1) is 16.4. The van der Waals surface area contributed by atoms with E-state index >= 15 is 0 Å². The quantitative estimate of drug-likeness (QED) is 0.311. The summed E-state index contributed by atoms with van der Waals surface area (Å²) in [6.45, 7) is 2.81. The van der Waals surface area contributed by atoms with Gasteiger partial charge in [0.2, 0.25) is 11.8 Å². The number of imide groups is 1. The van der Waals surface area contributed by atoms with Gasteiger partial charge < -0.3 is 14.7 Å². The van der Waals surface area contributed by atoms with Crippen LogP contribution in [0.2, 0.25) is 0 Å². The Morgan fingerprint density at radius 2 is 1.79 bits per heavy atom. The molecule has 0 saturated carbocycles. The highest BCUT2D eigenvalue weighted by atomic mass is 16.5. The minimum Gasteiger partial charge on any atom is -0.494 e. The molecule has 1 atom stereocenters. The van der Waals surface area contributed by atoms with Crippen LogP contribution in [0.1, 0.15) is 31.7 Å². The SMILES string of the molecule is CCCCOc1ccc(N2C(=O)CC(N(CCc3ccccc3)C(=O)/C=C/C(=O)O)C2=O)cc1. The summed E-state index contributed by atoms with van der Waals surface area (Å²) >= 11 is 0. The van der Waals surface area contributed by atoms with Gasteiger partial charge >= 0.3 is 5.97 Å². The summed E-state index contributed by atoms with van der Waals surface area (Å²) in [5, 5.41) is 8.90. The van der Waals surface area contributed by atoms with E-state index in [0.717, 1.165) is 35.5 Å². The number of benzene rings is 2. The van der Waals surface area contributed by atoms with E-state index in [9.17, 15) is 19.2 Å². The van der Waals surface area contributed by atoms with E-state index in [0.29, 0.717) is 24.5 Å². The average Bonchev–Trinajstić information content (AvgIpc) is 3.12. The Morgan fingerprint density at radius 3 is 2.44 bits per heavy atom. The molecule has 1 N–H and O–H groups in total. The van der Waals surface area contributed by atoms with Gasteiger partial charge in [-0.1, -0.05) is 43.7 Å². The lowest BCUT2D eigenvalue weighted by Crippen LogP contribution is -2.45. The molecule has 1 aliphatic heterocycles. The van der Waals surface area contributed by atoms with E-state index in [1.165, 1.54) is 4.90 Å². The summed E-state index contributed by atoms with van der Waals surface area (Å²) in [6, 6.07) is 15.1. The lowest BCUT2D eigenvalue weighted by molar-refractivity contribution is -0.135. The molecule has 0 radical (unpaired) electrons. The third kappa shape index (κ3) is 6.31. The van der Waals surface area contributed by atoms with E-state index < -0.39 is 29.7 Å². The van der Waals surface area contributed by atoms with Crippen molar-refractivity contribution in [2.75, 3.05) is 18.1 Å². The van der Waals surface area contributed by atoms with Crippen molar-refractivity contribution in [2.24, 2.45) is 0 Å². The second-order valence-corrected chi connectivity index (χ2v) is 7.92. The zero-order valence-electron chi connectivity index (χ0n) is 19.1. The van der Waals surface area contributed by atoms with Crippen LogP contribution in [0.15, 0.2) is 66.7 Å². The lowest BCUT2D eigenvalue weighted by atomic mass is 10.1. The molecular formula is C26H28N2O6. The van der Waals surface area contributed by atoms with Crippen molar-refractivity contribution in [2.45, 2.75) is 38.6 Å². The molecule has 178 valence electrons. The van der Waals surface area contributed by atoms with Gasteiger partial charge in [-0.2, -0.15) is 0 Å². The first-order valence-electron chi connectivity index (χ1n) is 11.3. The topological polar surface area (TPSA) is 104 Å². The van der Waals surface area contributed by atoms with Crippen LogP contribution in [0.25, 0.3) is 0 Å². The van der Waals surface area contributed by atoms with Gasteiger partial charge in [-0.25, -0.2) is 9.69 Å². The molecule has 34 heavy (non-hydrogen) atoms. The molecule has 2 aromatic rings. The highest BCUT2D eigenvalue weighted by Crippen LogP contribution is 2.28. The van der Waals surface area contributed by atoms with Gasteiger partial charge in [-0.15, -0.1) is 0 Å². The molecule has 0 aromatic heterocycles. The summed E-state index contributed by atoms with van der Waals surface area (Å²) < 4.78 is 5.63. The van der Waals surface area contributed by atoms with E-state index in [1.54, 1.807) is 24.3 Å². The van der Waals surface area contributed by atoms with Crippen molar-refractivity contribution >= 4 is 29.4 Å². The molecule has 1 aliphatic rings. The van der Waals surface area contributed by atoms with Gasteiger partial charge in [0.15, 0.2) is 0 Å². The van der Waals surface area contributed by atoms with Gasteiger partial charge in [0.05, 0.1) is 18.7 Å². The maximum Gasteiger partial charge on any atom is 0.328 e. The van der Waals surface area contributed by atoms with Gasteiger partial charge in [0, 0.05) is 18.7 Å². The van der Waals surface area contributed by atoms with Gasteiger partial charge in [0.25, 0.3) is 5.91 Å². The summed E-state index contributed by atoms with van der Waals surface area (Å²) in [7, 11) is 0. The van der Waals surface area contributed by atoms with Crippen LogP contribution >= 0.6 is 0 Å². The first kappa shape index (κ1) is 24.7. The van der Waals surface area contributed by atoms with E-state index in [1.807, 2.05) is 30.3 Å². The summed E-state index contributed by atoms with van der Waals surface area (Å²) in [6.07, 6.45) is 3.86. The fourth-order valence-electron chi connectivity index (χ4n) is 3.71. The number of carbonyl (C=O) groups is 4. The second kappa shape index (κ2) is 11.8. The fraction of sp³-hybridized carbons (Fsp3) is 0.308. The largest absolute Gasteiger partial charge is 0.494 e. The highest BCUT2D eigenvalue weighted by molar-refractivity contribution is 6.23. The Kier molecular flexibility index (Phi) is 8.56. The molecule has 1 saturated heterocycles. The molecule has 3 amide bonds. The number of carboxylic acids is 1. The number of unbranched alkanes of at least 4 members (excludes halogenated alkanes) is 1. The number of hydrogen-bond donors (Lipinski definition) is 1. The number of aliphatic carboxylic acids is 1. The van der Waals surface area contributed by atoms with Crippen molar-refractivity contribution in [1.29, 1.82) is 0 Å². The molecule has 1 heterocycles. The number of nitrogens with zero attached hydrogens (tertiary/aromatic N) is 2. The van der Waals surface area contributed by atoms with Crippen molar-refractivity contribution in [3.05, 3.63) is 72.3 Å². The number of rotatable bonds is 11. The Labute approximate surface area is 198 Å². The Bertz CT molecular complexity index is 1050. The van der Waals surface area contributed by atoms with Crippen molar-refractivity contribution < 1.29 is 29.0 Å². The fourth-order valence-corrected chi connectivity index (χ4v) is 3.71. The summed E-state index contributed by atoms with van der Waals surface area (Å²) in [4.78, 5) is 52.1. The third-order valence-electron chi connectivity index (χ3n) is 5.50. The Balaban J connectivity index is 1.78. The van der Waals surface area contributed by atoms with E-state index in [2.05, 4.69) is 6.92 Å². The zero-order valence-corrected chi connectivity index (χ0v) is 19.1. The lowest BCUT2D eigenvalue weighted by Gasteiger charge is -2.26. The van der Waals surface area contributed by atoms with Crippen LogP contribution in [0.5, 0.6) is 5.75 Å². The van der Waals surface area contributed by atoms with Crippen LogP contribution in [0.4, 0.5) is 5.69 Å². The third-order valence-corrected chi connectivity index (χ3v) is 5.50. The number of hydrogen-bond acceptors (Lipinski definition) is 5. The minimum absolute atomic E-state index is 0.161. The second-order valence-electron chi connectivity index (χ2n) is 7.92. The van der Waals surface area contributed by atoms with E-state index in [4.69, 9.17) is 9.84 Å². The number of ether oxygens (including phenoxy) is 1. The zero-order chi connectivity index (χ0) is 24.5. The number of carboxylic acid groups (broad SMARTS) is 1. The summed E-state index contributed by atoms with van der Waals surface area (Å²) in [5.41, 5.74) is 1.35. The predicted molar refractivity (Wildman–Crippen MR) is 126 cm³/mol. The van der Waals surface area contributed by atoms with Gasteiger partial charge in [-0.3, -0.25) is 14.4 Å². The Morgan fingerprint density at radius 1 is 1.09 bits per heavy atom. The van der Waals surface area contributed by atoms with Crippen molar-refractivity contribution in [1.82, 2.24) is 4.90 Å². The Hall–Kier alpha value is -3.94. The molecule has 0 aliphatic carbocycles. The molecular weight excluding hydrogens is 436 g/mol. The van der Waals surface area contributed by atoms with Crippen LogP contribution in [0, 0.1) is 0 Å². The first-order valence-corrected chi connectivity index (χ1v) is 11.3. The summed E-state index contributed by atoms with van der Waals surface area (Å²) in [5.74, 6) is -2.20. The smallest absolute Gasteiger partial charge is 0.328 e. The molecule has 8 heteroatoms. The van der Waals surface area contributed by atoms with E-state index in [-0.39, 0.29) is 13.0 Å². The number of anilines is 1. The molecule has 0 spiro atoms. The maximum atomic E-state index is 13.2. The molecule has 1 fully saturated rings. The van der Waals surface area contributed by atoms with Crippen molar-refractivity contribution in [3.8, 4) is 5.75 Å². The van der Waals surface area contributed by atoms with Gasteiger partial charge in [-0.05, 0) is 42.7 Å². The van der Waals surface area contributed by atoms with Crippen LogP contribution < -0.4 is 9.64 Å². The maximum absolute atomic E-state index is 13.2. The highest BCUT2D eigenvalue weighted by Gasteiger charge is 2.43. The number of carbonyl (C=O) groups excluding carboxylic acids is 3. The van der Waals surface area contributed by atoms with Gasteiger partial charge in [0.1, 0.15) is 11.8 Å². The number of amides is 3. The molecule has 8 nitrogen and oxygen atoms in total. The monoisotopic (exact) mass is 464 g/mol. The van der Waals surface area contributed by atoms with Crippen molar-refractivity contribution in [3.63, 3.8) is 0 Å². The standard InChI is InChI=1S/C26H28N2O6/c1-2-3-17-34-21-11-9-20(10-12-21)28-24(30)18-22(26(28)33)27(23(29)13-14-25(31)32)16-15-19-7-5-4-6-8-19/h4-14,22H,2-3,15-18H2,1H3,(H,31,32)/b14-13+. The molecule has 0 bridgehead atoms.